The molecule has 0 unspecified atom stereocenters. The quantitative estimate of drug-likeness (QED) is 0.886. The molecule has 1 aromatic carbocycles. The van der Waals surface area contributed by atoms with Crippen LogP contribution >= 0.6 is 0 Å². The lowest BCUT2D eigenvalue weighted by molar-refractivity contribution is 0.115. The van der Waals surface area contributed by atoms with Crippen LogP contribution in [0, 0.1) is 0 Å². The number of benzene rings is 1. The average molecular weight is 333 g/mol. The summed E-state index contributed by atoms with van der Waals surface area (Å²) in [5, 5.41) is 12.7. The van der Waals surface area contributed by atoms with Crippen LogP contribution in [0.5, 0.6) is 5.75 Å². The Labute approximate surface area is 143 Å². The maximum Gasteiger partial charge on any atom is 0.317 e. The Hall–Kier alpha value is -1.95. The molecule has 0 spiro atoms. The van der Waals surface area contributed by atoms with Gasteiger partial charge >= 0.3 is 6.03 Å². The van der Waals surface area contributed by atoms with Crippen molar-refractivity contribution in [2.24, 2.45) is 0 Å². The zero-order valence-electron chi connectivity index (χ0n) is 14.3. The molecule has 1 heterocycles. The molecule has 0 bridgehead atoms. The Morgan fingerprint density at radius 2 is 1.79 bits per heavy atom. The van der Waals surface area contributed by atoms with Gasteiger partial charge in [-0.2, -0.15) is 0 Å². The highest BCUT2D eigenvalue weighted by atomic mass is 16.5. The summed E-state index contributed by atoms with van der Waals surface area (Å²) in [6.45, 7) is 3.02. The summed E-state index contributed by atoms with van der Waals surface area (Å²) >= 11 is 0. The van der Waals surface area contributed by atoms with Crippen LogP contribution < -0.4 is 15.0 Å². The van der Waals surface area contributed by atoms with E-state index in [1.807, 2.05) is 23.1 Å². The van der Waals surface area contributed by atoms with Crippen molar-refractivity contribution in [3.8, 4) is 5.75 Å². The summed E-state index contributed by atoms with van der Waals surface area (Å²) in [7, 11) is 1.68. The number of hydrogen-bond acceptors (Lipinski definition) is 4. The van der Waals surface area contributed by atoms with Gasteiger partial charge in [-0.1, -0.05) is 12.1 Å². The third-order valence-corrected chi connectivity index (χ3v) is 5.02. The van der Waals surface area contributed by atoms with Crippen molar-refractivity contribution < 1.29 is 14.6 Å². The number of nitrogens with one attached hydrogen (secondary N) is 1. The molecule has 3 rings (SSSR count). The molecule has 6 nitrogen and oxygen atoms in total. The normalized spacial score (nSPS) is 24.6. The minimum atomic E-state index is -0.192. The van der Waals surface area contributed by atoms with Crippen molar-refractivity contribution in [1.82, 2.24) is 10.2 Å². The molecule has 2 N–H and O–H groups in total. The van der Waals surface area contributed by atoms with Crippen molar-refractivity contribution in [2.45, 2.75) is 37.8 Å². The predicted molar refractivity (Wildman–Crippen MR) is 93.6 cm³/mol. The first kappa shape index (κ1) is 16.9. The first-order chi connectivity index (χ1) is 11.7. The van der Waals surface area contributed by atoms with Gasteiger partial charge in [-0.25, -0.2) is 4.79 Å². The number of amides is 2. The second kappa shape index (κ2) is 7.75. The van der Waals surface area contributed by atoms with Crippen LogP contribution in [0.4, 0.5) is 10.5 Å². The maximum atomic E-state index is 12.4. The largest absolute Gasteiger partial charge is 0.495 e. The SMILES string of the molecule is COc1ccccc1N1CCN(C(=O)NC2CCC(O)CC2)CC1. The second-order valence-electron chi connectivity index (χ2n) is 6.60. The lowest BCUT2D eigenvalue weighted by Gasteiger charge is -2.37. The number of carbonyl (C=O) groups excluding carboxylic acids is 1. The van der Waals surface area contributed by atoms with E-state index in [9.17, 15) is 9.90 Å². The average Bonchev–Trinajstić information content (AvgIpc) is 2.63. The summed E-state index contributed by atoms with van der Waals surface area (Å²) < 4.78 is 5.43. The molecule has 1 aliphatic carbocycles. The summed E-state index contributed by atoms with van der Waals surface area (Å²) in [6.07, 6.45) is 3.11. The highest BCUT2D eigenvalue weighted by Crippen LogP contribution is 2.28. The Kier molecular flexibility index (Phi) is 5.45. The smallest absolute Gasteiger partial charge is 0.317 e. The van der Waals surface area contributed by atoms with Gasteiger partial charge in [-0.15, -0.1) is 0 Å². The summed E-state index contributed by atoms with van der Waals surface area (Å²) in [6, 6.07) is 8.22. The molecule has 2 amide bonds. The molecule has 2 aliphatic rings. The van der Waals surface area contributed by atoms with Crippen LogP contribution in [0.3, 0.4) is 0 Å². The molecule has 1 saturated carbocycles. The molecule has 1 aromatic rings. The molecule has 2 fully saturated rings. The number of aliphatic hydroxyl groups excluding tert-OH is 1. The van der Waals surface area contributed by atoms with Gasteiger partial charge in [0, 0.05) is 32.2 Å². The van der Waals surface area contributed by atoms with Gasteiger partial charge in [-0.3, -0.25) is 0 Å². The predicted octanol–water partition coefficient (Wildman–Crippen LogP) is 1.83. The number of carbonyl (C=O) groups is 1. The summed E-state index contributed by atoms with van der Waals surface area (Å²) in [5.74, 6) is 0.871. The first-order valence-corrected chi connectivity index (χ1v) is 8.79. The van der Waals surface area contributed by atoms with Crippen LogP contribution in [-0.4, -0.2) is 61.5 Å². The van der Waals surface area contributed by atoms with Gasteiger partial charge < -0.3 is 25.0 Å². The topological polar surface area (TPSA) is 65.0 Å². The second-order valence-corrected chi connectivity index (χ2v) is 6.60. The fraction of sp³-hybridized carbons (Fsp3) is 0.611. The van der Waals surface area contributed by atoms with Crippen LogP contribution in [0.15, 0.2) is 24.3 Å². The minimum absolute atomic E-state index is 0.0241. The van der Waals surface area contributed by atoms with E-state index < -0.39 is 0 Å². The van der Waals surface area contributed by atoms with Crippen LogP contribution in [0.1, 0.15) is 25.7 Å². The molecule has 0 aromatic heterocycles. The molecule has 132 valence electrons. The molecular weight excluding hydrogens is 306 g/mol. The number of urea groups is 1. The summed E-state index contributed by atoms with van der Waals surface area (Å²) in [5.41, 5.74) is 1.08. The third kappa shape index (κ3) is 3.93. The molecule has 0 atom stereocenters. The Morgan fingerprint density at radius 1 is 1.12 bits per heavy atom. The van der Waals surface area contributed by atoms with E-state index in [0.717, 1.165) is 50.2 Å². The first-order valence-electron chi connectivity index (χ1n) is 8.79. The van der Waals surface area contributed by atoms with Crippen molar-refractivity contribution in [1.29, 1.82) is 0 Å². The Balaban J connectivity index is 1.50. The lowest BCUT2D eigenvalue weighted by atomic mass is 9.93. The Bertz CT molecular complexity index is 550. The molecule has 1 saturated heterocycles. The van der Waals surface area contributed by atoms with E-state index in [1.165, 1.54) is 0 Å². The zero-order chi connectivity index (χ0) is 16.9. The van der Waals surface area contributed by atoms with E-state index >= 15 is 0 Å². The molecule has 0 radical (unpaired) electrons. The van der Waals surface area contributed by atoms with Crippen molar-refractivity contribution in [2.75, 3.05) is 38.2 Å². The number of anilines is 1. The highest BCUT2D eigenvalue weighted by molar-refractivity contribution is 5.75. The fourth-order valence-corrected chi connectivity index (χ4v) is 3.53. The number of piperazine rings is 1. The van der Waals surface area contributed by atoms with Gasteiger partial charge in [0.2, 0.25) is 0 Å². The number of ether oxygens (including phenoxy) is 1. The highest BCUT2D eigenvalue weighted by Gasteiger charge is 2.26. The van der Waals surface area contributed by atoms with E-state index in [-0.39, 0.29) is 18.2 Å². The van der Waals surface area contributed by atoms with E-state index in [0.29, 0.717) is 13.1 Å². The minimum Gasteiger partial charge on any atom is -0.495 e. The molecule has 24 heavy (non-hydrogen) atoms. The molecule has 1 aliphatic heterocycles. The van der Waals surface area contributed by atoms with Gasteiger partial charge in [0.15, 0.2) is 0 Å². The number of nitrogens with zero attached hydrogens (tertiary/aromatic N) is 2. The maximum absolute atomic E-state index is 12.4. The zero-order valence-corrected chi connectivity index (χ0v) is 14.3. The van der Waals surface area contributed by atoms with Gasteiger partial charge in [0.1, 0.15) is 5.75 Å². The number of aliphatic hydroxyl groups is 1. The van der Waals surface area contributed by atoms with Crippen molar-refractivity contribution in [3.05, 3.63) is 24.3 Å². The molecule has 6 heteroatoms. The number of methoxy groups -OCH3 is 1. The van der Waals surface area contributed by atoms with Crippen molar-refractivity contribution >= 4 is 11.7 Å². The Morgan fingerprint density at radius 3 is 2.46 bits per heavy atom. The number of para-hydroxylation sites is 2. The molecular formula is C18H27N3O3. The van der Waals surface area contributed by atoms with Gasteiger partial charge in [-0.05, 0) is 37.8 Å². The van der Waals surface area contributed by atoms with E-state index in [1.54, 1.807) is 7.11 Å². The van der Waals surface area contributed by atoms with E-state index in [2.05, 4.69) is 16.3 Å². The van der Waals surface area contributed by atoms with Gasteiger partial charge in [0.25, 0.3) is 0 Å². The summed E-state index contributed by atoms with van der Waals surface area (Å²) in [4.78, 5) is 16.6. The third-order valence-electron chi connectivity index (χ3n) is 5.02. The van der Waals surface area contributed by atoms with Crippen LogP contribution in [0.25, 0.3) is 0 Å². The fourth-order valence-electron chi connectivity index (χ4n) is 3.53. The number of hydrogen-bond donors (Lipinski definition) is 2. The van der Waals surface area contributed by atoms with E-state index in [4.69, 9.17) is 4.74 Å². The standard InChI is InChI=1S/C18H27N3O3/c1-24-17-5-3-2-4-16(17)20-10-12-21(13-11-20)18(23)19-14-6-8-15(22)9-7-14/h2-5,14-15,22H,6-13H2,1H3,(H,19,23). The van der Waals surface area contributed by atoms with Crippen LogP contribution in [-0.2, 0) is 0 Å². The van der Waals surface area contributed by atoms with Gasteiger partial charge in [0.05, 0.1) is 18.9 Å². The van der Waals surface area contributed by atoms with Crippen LogP contribution in [0.2, 0.25) is 0 Å². The van der Waals surface area contributed by atoms with Crippen molar-refractivity contribution in [3.63, 3.8) is 0 Å². The number of rotatable bonds is 3. The lowest BCUT2D eigenvalue weighted by Crippen LogP contribution is -2.54. The monoisotopic (exact) mass is 333 g/mol.